The Morgan fingerprint density at radius 3 is 2.77 bits per heavy atom. The Kier molecular flexibility index (Phi) is 5.03. The first kappa shape index (κ1) is 19.7. The molecule has 3 aromatic rings. The average molecular weight is 417 g/mol. The number of aromatic nitrogens is 1. The van der Waals surface area contributed by atoms with E-state index in [4.69, 9.17) is 14.3 Å². The summed E-state index contributed by atoms with van der Waals surface area (Å²) in [5.74, 6) is 0.367. The highest BCUT2D eigenvalue weighted by atomic mass is 19.3. The molecule has 0 aliphatic carbocycles. The summed E-state index contributed by atoms with van der Waals surface area (Å²) in [6.07, 6.45) is -3.32. The van der Waals surface area contributed by atoms with Gasteiger partial charge in [0.1, 0.15) is 11.5 Å². The number of hydrogen-bond donors (Lipinski definition) is 1. The van der Waals surface area contributed by atoms with E-state index in [0.29, 0.717) is 41.4 Å². The summed E-state index contributed by atoms with van der Waals surface area (Å²) >= 11 is 0. The second kappa shape index (κ2) is 7.66. The fourth-order valence-electron chi connectivity index (χ4n) is 3.05. The van der Waals surface area contributed by atoms with E-state index in [2.05, 4.69) is 14.5 Å². The lowest BCUT2D eigenvalue weighted by atomic mass is 10.1. The van der Waals surface area contributed by atoms with E-state index in [-0.39, 0.29) is 23.8 Å². The van der Waals surface area contributed by atoms with Crippen LogP contribution in [0.3, 0.4) is 0 Å². The molecule has 156 valence electrons. The molecule has 1 aliphatic heterocycles. The molecule has 0 unspecified atom stereocenters. The highest BCUT2D eigenvalue weighted by Crippen LogP contribution is 2.42. The van der Waals surface area contributed by atoms with Crippen molar-refractivity contribution in [1.29, 1.82) is 0 Å². The minimum atomic E-state index is -3.68. The SMILES string of the molecule is Cc1oc(-c2ccc3c(c2)OC(F)(F)O3)nc1CCOc1cccc(CC(=O)O)c1. The van der Waals surface area contributed by atoms with Gasteiger partial charge in [0, 0.05) is 12.0 Å². The van der Waals surface area contributed by atoms with Gasteiger partial charge < -0.3 is 23.7 Å². The minimum Gasteiger partial charge on any atom is -0.493 e. The molecule has 0 atom stereocenters. The Morgan fingerprint density at radius 2 is 1.97 bits per heavy atom. The van der Waals surface area contributed by atoms with Crippen molar-refractivity contribution >= 4 is 5.97 Å². The van der Waals surface area contributed by atoms with Crippen LogP contribution in [0.4, 0.5) is 8.78 Å². The summed E-state index contributed by atoms with van der Waals surface area (Å²) in [5, 5.41) is 8.88. The van der Waals surface area contributed by atoms with Crippen molar-refractivity contribution in [3.8, 4) is 28.7 Å². The maximum Gasteiger partial charge on any atom is 0.586 e. The lowest BCUT2D eigenvalue weighted by Crippen LogP contribution is -2.25. The monoisotopic (exact) mass is 417 g/mol. The number of carboxylic acid groups (broad SMARTS) is 1. The fourth-order valence-corrected chi connectivity index (χ4v) is 3.05. The standard InChI is InChI=1S/C21H17F2NO6/c1-12-16(7-8-27-15-4-2-3-13(9-15)10-19(25)26)24-20(28-12)14-5-6-17-18(11-14)30-21(22,23)29-17/h2-6,9,11H,7-8,10H2,1H3,(H,25,26). The van der Waals surface area contributed by atoms with Gasteiger partial charge in [-0.3, -0.25) is 4.79 Å². The molecule has 1 N–H and O–H groups in total. The zero-order chi connectivity index (χ0) is 21.3. The second-order valence-corrected chi connectivity index (χ2v) is 6.67. The van der Waals surface area contributed by atoms with Crippen molar-refractivity contribution in [3.63, 3.8) is 0 Å². The topological polar surface area (TPSA) is 91.0 Å². The van der Waals surface area contributed by atoms with E-state index in [0.717, 1.165) is 0 Å². The summed E-state index contributed by atoms with van der Waals surface area (Å²) in [7, 11) is 0. The third-order valence-electron chi connectivity index (χ3n) is 4.40. The molecular formula is C21H17F2NO6. The molecule has 0 saturated heterocycles. The Morgan fingerprint density at radius 1 is 1.17 bits per heavy atom. The van der Waals surface area contributed by atoms with E-state index in [9.17, 15) is 13.6 Å². The molecule has 0 bridgehead atoms. The van der Waals surface area contributed by atoms with E-state index >= 15 is 0 Å². The first-order valence-corrected chi connectivity index (χ1v) is 9.09. The largest absolute Gasteiger partial charge is 0.586 e. The molecule has 0 fully saturated rings. The minimum absolute atomic E-state index is 0.0502. The number of aliphatic carboxylic acids is 1. The number of carboxylic acids is 1. The normalized spacial score (nSPS) is 14.0. The van der Waals surface area contributed by atoms with Gasteiger partial charge in [0.25, 0.3) is 0 Å². The van der Waals surface area contributed by atoms with Crippen LogP contribution < -0.4 is 14.2 Å². The number of nitrogens with zero attached hydrogens (tertiary/aromatic N) is 1. The van der Waals surface area contributed by atoms with Gasteiger partial charge in [-0.1, -0.05) is 12.1 Å². The number of fused-ring (bicyclic) bond motifs is 1. The number of rotatable bonds is 7. The van der Waals surface area contributed by atoms with Crippen LogP contribution >= 0.6 is 0 Å². The van der Waals surface area contributed by atoms with Gasteiger partial charge in [-0.2, -0.15) is 0 Å². The van der Waals surface area contributed by atoms with Crippen LogP contribution in [-0.2, 0) is 17.6 Å². The molecular weight excluding hydrogens is 400 g/mol. The zero-order valence-electron chi connectivity index (χ0n) is 15.9. The van der Waals surface area contributed by atoms with Crippen molar-refractivity contribution in [1.82, 2.24) is 4.98 Å². The van der Waals surface area contributed by atoms with Crippen molar-refractivity contribution < 1.29 is 37.3 Å². The van der Waals surface area contributed by atoms with Crippen LogP contribution in [-0.4, -0.2) is 29.0 Å². The van der Waals surface area contributed by atoms with Crippen LogP contribution in [0, 0.1) is 6.92 Å². The molecule has 0 amide bonds. The first-order chi connectivity index (χ1) is 14.3. The fraction of sp³-hybridized carbons (Fsp3) is 0.238. The number of hydrogen-bond acceptors (Lipinski definition) is 6. The molecule has 9 heteroatoms. The van der Waals surface area contributed by atoms with Crippen LogP contribution in [0.15, 0.2) is 46.9 Å². The number of ether oxygens (including phenoxy) is 3. The van der Waals surface area contributed by atoms with Crippen LogP contribution in [0.2, 0.25) is 0 Å². The third-order valence-corrected chi connectivity index (χ3v) is 4.40. The maximum atomic E-state index is 13.2. The van der Waals surface area contributed by atoms with Crippen molar-refractivity contribution in [2.24, 2.45) is 0 Å². The number of oxazole rings is 1. The highest BCUT2D eigenvalue weighted by molar-refractivity contribution is 5.70. The van der Waals surface area contributed by atoms with Gasteiger partial charge in [-0.15, -0.1) is 8.78 Å². The van der Waals surface area contributed by atoms with Crippen LogP contribution in [0.5, 0.6) is 17.2 Å². The molecule has 2 heterocycles. The second-order valence-electron chi connectivity index (χ2n) is 6.67. The summed E-state index contributed by atoms with van der Waals surface area (Å²) in [6.45, 7) is 2.05. The van der Waals surface area contributed by atoms with Gasteiger partial charge in [0.05, 0.1) is 18.7 Å². The number of alkyl halides is 2. The molecule has 2 aromatic carbocycles. The zero-order valence-corrected chi connectivity index (χ0v) is 15.9. The maximum absolute atomic E-state index is 13.2. The van der Waals surface area contributed by atoms with Crippen LogP contribution in [0.1, 0.15) is 17.0 Å². The Bertz CT molecular complexity index is 1090. The summed E-state index contributed by atoms with van der Waals surface area (Å²) in [5.41, 5.74) is 1.79. The lowest BCUT2D eigenvalue weighted by molar-refractivity contribution is -0.286. The van der Waals surface area contributed by atoms with Crippen molar-refractivity contribution in [3.05, 3.63) is 59.5 Å². The highest BCUT2D eigenvalue weighted by Gasteiger charge is 2.43. The van der Waals surface area contributed by atoms with Crippen LogP contribution in [0.25, 0.3) is 11.5 Å². The molecule has 0 saturated carbocycles. The number of halogens is 2. The molecule has 30 heavy (non-hydrogen) atoms. The number of carbonyl (C=O) groups is 1. The van der Waals surface area contributed by atoms with E-state index in [1.807, 2.05) is 0 Å². The molecule has 1 aliphatic rings. The van der Waals surface area contributed by atoms with Gasteiger partial charge in [-0.05, 0) is 42.8 Å². The van der Waals surface area contributed by atoms with Gasteiger partial charge in [0.2, 0.25) is 5.89 Å². The number of aryl methyl sites for hydroxylation is 1. The Balaban J connectivity index is 1.41. The van der Waals surface area contributed by atoms with Gasteiger partial charge in [0.15, 0.2) is 11.5 Å². The molecule has 0 radical (unpaired) electrons. The van der Waals surface area contributed by atoms with Gasteiger partial charge in [-0.25, -0.2) is 4.98 Å². The average Bonchev–Trinajstić information content (AvgIpc) is 3.18. The number of benzene rings is 2. The smallest absolute Gasteiger partial charge is 0.493 e. The molecule has 7 nitrogen and oxygen atoms in total. The first-order valence-electron chi connectivity index (χ1n) is 9.09. The predicted octanol–water partition coefficient (Wildman–Crippen LogP) is 4.22. The summed E-state index contributed by atoms with van der Waals surface area (Å²) in [4.78, 5) is 15.2. The predicted molar refractivity (Wildman–Crippen MR) is 99.9 cm³/mol. The quantitative estimate of drug-likeness (QED) is 0.615. The molecule has 4 rings (SSSR count). The molecule has 0 spiro atoms. The van der Waals surface area contributed by atoms with Crippen molar-refractivity contribution in [2.45, 2.75) is 26.1 Å². The lowest BCUT2D eigenvalue weighted by Gasteiger charge is -2.06. The molecule has 1 aromatic heterocycles. The Labute approximate surface area is 169 Å². The van der Waals surface area contributed by atoms with E-state index in [1.165, 1.54) is 12.1 Å². The summed E-state index contributed by atoms with van der Waals surface area (Å²) < 4.78 is 46.6. The van der Waals surface area contributed by atoms with E-state index in [1.54, 1.807) is 37.3 Å². The summed E-state index contributed by atoms with van der Waals surface area (Å²) in [6, 6.07) is 11.2. The third kappa shape index (κ3) is 4.35. The Hall–Kier alpha value is -3.62. The van der Waals surface area contributed by atoms with Crippen molar-refractivity contribution in [2.75, 3.05) is 6.61 Å². The van der Waals surface area contributed by atoms with Gasteiger partial charge >= 0.3 is 12.3 Å². The van der Waals surface area contributed by atoms with E-state index < -0.39 is 12.3 Å².